The first kappa shape index (κ1) is 16.9. The molecular formula is C12H12F3NO2S2. The van der Waals surface area contributed by atoms with Crippen LogP contribution in [0.15, 0.2) is 11.4 Å². The topological polar surface area (TPSA) is 49.3 Å². The van der Waals surface area contributed by atoms with Crippen LogP contribution in [-0.2, 0) is 0 Å². The van der Waals surface area contributed by atoms with Gasteiger partial charge in [0.1, 0.15) is 0 Å². The van der Waals surface area contributed by atoms with E-state index in [1.54, 1.807) is 11.4 Å². The van der Waals surface area contributed by atoms with Gasteiger partial charge >= 0.3 is 5.51 Å². The van der Waals surface area contributed by atoms with Gasteiger partial charge < -0.3 is 10.4 Å². The number of alkyl halides is 3. The molecule has 20 heavy (non-hydrogen) atoms. The molecule has 0 aliphatic carbocycles. The summed E-state index contributed by atoms with van der Waals surface area (Å²) in [5, 5.41) is 12.6. The highest BCUT2D eigenvalue weighted by Crippen LogP contribution is 2.29. The summed E-state index contributed by atoms with van der Waals surface area (Å²) in [6.07, 6.45) is 0.355. The van der Waals surface area contributed by atoms with Crippen molar-refractivity contribution in [2.45, 2.75) is 11.9 Å². The molecule has 0 saturated heterocycles. The summed E-state index contributed by atoms with van der Waals surface area (Å²) in [6, 6.07) is 1.57. The zero-order chi connectivity index (χ0) is 15.0. The fourth-order valence-corrected chi connectivity index (χ4v) is 2.35. The van der Waals surface area contributed by atoms with Crippen LogP contribution in [0.2, 0.25) is 0 Å². The van der Waals surface area contributed by atoms with E-state index in [1.165, 1.54) is 11.3 Å². The lowest BCUT2D eigenvalue weighted by Gasteiger charge is -2.06. The number of nitrogens with one attached hydrogen (secondary N) is 1. The third kappa shape index (κ3) is 6.84. The van der Waals surface area contributed by atoms with E-state index in [2.05, 4.69) is 17.2 Å². The number of carbonyl (C=O) groups excluding carboxylic acids is 1. The lowest BCUT2D eigenvalue weighted by Crippen LogP contribution is -2.26. The number of thioether (sulfide) groups is 1. The zero-order valence-corrected chi connectivity index (χ0v) is 11.9. The van der Waals surface area contributed by atoms with Crippen LogP contribution >= 0.6 is 23.1 Å². The highest BCUT2D eigenvalue weighted by molar-refractivity contribution is 8.00. The van der Waals surface area contributed by atoms with Crippen molar-refractivity contribution in [1.82, 2.24) is 5.32 Å². The Balaban J connectivity index is 2.39. The standard InChI is InChI=1S/C12H12F3NO2S2/c13-12(14,15)20-6-4-16-11(18)9-7-10(19-8-9)3-1-2-5-17/h7-8,17H,2,4-6H2,(H,16,18). The molecule has 1 aromatic heterocycles. The van der Waals surface area contributed by atoms with Gasteiger partial charge in [0.2, 0.25) is 0 Å². The number of carbonyl (C=O) groups is 1. The van der Waals surface area contributed by atoms with E-state index in [0.717, 1.165) is 0 Å². The van der Waals surface area contributed by atoms with E-state index in [1.807, 2.05) is 0 Å². The second-order valence-corrected chi connectivity index (χ2v) is 5.60. The fourth-order valence-electron chi connectivity index (χ4n) is 1.16. The van der Waals surface area contributed by atoms with Crippen LogP contribution in [0.1, 0.15) is 21.7 Å². The van der Waals surface area contributed by atoms with Crippen molar-refractivity contribution in [2.75, 3.05) is 18.9 Å². The molecule has 0 aliphatic heterocycles. The predicted molar refractivity (Wildman–Crippen MR) is 73.7 cm³/mol. The minimum absolute atomic E-state index is 0.0252. The first-order valence-corrected chi connectivity index (χ1v) is 7.46. The molecule has 0 radical (unpaired) electrons. The average Bonchev–Trinajstić information content (AvgIpc) is 2.82. The van der Waals surface area contributed by atoms with Gasteiger partial charge in [-0.05, 0) is 17.8 Å². The maximum absolute atomic E-state index is 11.9. The van der Waals surface area contributed by atoms with E-state index < -0.39 is 11.4 Å². The molecule has 0 aromatic carbocycles. The smallest absolute Gasteiger partial charge is 0.395 e. The molecule has 0 fully saturated rings. The van der Waals surface area contributed by atoms with Crippen LogP contribution in [0.25, 0.3) is 0 Å². The van der Waals surface area contributed by atoms with Gasteiger partial charge in [0, 0.05) is 24.1 Å². The van der Waals surface area contributed by atoms with Crippen molar-refractivity contribution in [3.8, 4) is 11.8 Å². The molecule has 1 rings (SSSR count). The van der Waals surface area contributed by atoms with E-state index in [9.17, 15) is 18.0 Å². The zero-order valence-electron chi connectivity index (χ0n) is 10.3. The Kier molecular flexibility index (Phi) is 6.91. The maximum Gasteiger partial charge on any atom is 0.441 e. The largest absolute Gasteiger partial charge is 0.441 e. The molecule has 8 heteroatoms. The van der Waals surface area contributed by atoms with Gasteiger partial charge in [0.25, 0.3) is 5.91 Å². The highest BCUT2D eigenvalue weighted by atomic mass is 32.2. The van der Waals surface area contributed by atoms with Crippen molar-refractivity contribution >= 4 is 29.0 Å². The molecule has 1 amide bonds. The molecule has 0 saturated carbocycles. The molecule has 0 bridgehead atoms. The molecule has 1 aromatic rings. The van der Waals surface area contributed by atoms with Gasteiger partial charge in [-0.25, -0.2) is 0 Å². The molecular weight excluding hydrogens is 311 g/mol. The molecule has 0 aliphatic rings. The van der Waals surface area contributed by atoms with Crippen molar-refractivity contribution in [3.63, 3.8) is 0 Å². The monoisotopic (exact) mass is 323 g/mol. The highest BCUT2D eigenvalue weighted by Gasteiger charge is 2.27. The number of aliphatic hydroxyl groups is 1. The Bertz CT molecular complexity index is 503. The minimum atomic E-state index is -4.28. The van der Waals surface area contributed by atoms with Crippen LogP contribution in [0.3, 0.4) is 0 Å². The van der Waals surface area contributed by atoms with Crippen LogP contribution < -0.4 is 5.32 Å². The summed E-state index contributed by atoms with van der Waals surface area (Å²) in [5.41, 5.74) is -3.90. The third-order valence-corrected chi connectivity index (χ3v) is 3.54. The predicted octanol–water partition coefficient (Wildman–Crippen LogP) is 2.46. The van der Waals surface area contributed by atoms with Crippen molar-refractivity contribution in [3.05, 3.63) is 21.9 Å². The quantitative estimate of drug-likeness (QED) is 0.646. The SMILES string of the molecule is O=C(NCCSC(F)(F)F)c1csc(C#CCCO)c1. The molecule has 110 valence electrons. The number of thiophene rings is 1. The third-order valence-electron chi connectivity index (χ3n) is 1.96. The van der Waals surface area contributed by atoms with Gasteiger partial charge in [0.05, 0.1) is 17.0 Å². The summed E-state index contributed by atoms with van der Waals surface area (Å²) in [6.45, 7) is -0.0764. The number of rotatable bonds is 5. The molecule has 2 N–H and O–H groups in total. The van der Waals surface area contributed by atoms with E-state index >= 15 is 0 Å². The lowest BCUT2D eigenvalue weighted by atomic mass is 10.3. The summed E-state index contributed by atoms with van der Waals surface area (Å²) >= 11 is 1.10. The minimum Gasteiger partial charge on any atom is -0.395 e. The lowest BCUT2D eigenvalue weighted by molar-refractivity contribution is -0.0327. The molecule has 3 nitrogen and oxygen atoms in total. The Morgan fingerprint density at radius 3 is 2.90 bits per heavy atom. The number of hydrogen-bond acceptors (Lipinski definition) is 4. The molecule has 0 atom stereocenters. The van der Waals surface area contributed by atoms with Crippen molar-refractivity contribution in [2.24, 2.45) is 0 Å². The van der Waals surface area contributed by atoms with Crippen molar-refractivity contribution in [1.29, 1.82) is 0 Å². The van der Waals surface area contributed by atoms with Gasteiger partial charge in [-0.3, -0.25) is 4.79 Å². The number of aliphatic hydroxyl groups excluding tert-OH is 1. The second kappa shape index (κ2) is 8.19. The molecule has 0 unspecified atom stereocenters. The number of halogens is 3. The van der Waals surface area contributed by atoms with E-state index in [4.69, 9.17) is 5.11 Å². The van der Waals surface area contributed by atoms with E-state index in [-0.39, 0.29) is 30.7 Å². The molecule has 0 spiro atoms. The number of amides is 1. The Morgan fingerprint density at radius 1 is 1.50 bits per heavy atom. The summed E-state index contributed by atoms with van der Waals surface area (Å²) < 4.78 is 35.6. The maximum atomic E-state index is 11.9. The number of hydrogen-bond donors (Lipinski definition) is 2. The summed E-state index contributed by atoms with van der Waals surface area (Å²) in [7, 11) is 0. The Hall–Kier alpha value is -1.17. The van der Waals surface area contributed by atoms with E-state index in [0.29, 0.717) is 16.9 Å². The van der Waals surface area contributed by atoms with Crippen LogP contribution in [0.5, 0.6) is 0 Å². The van der Waals surface area contributed by atoms with Gasteiger partial charge in [0.15, 0.2) is 0 Å². The van der Waals surface area contributed by atoms with Crippen LogP contribution in [0, 0.1) is 11.8 Å². The summed E-state index contributed by atoms with van der Waals surface area (Å²) in [5.74, 6) is 4.87. The van der Waals surface area contributed by atoms with Crippen LogP contribution in [-0.4, -0.2) is 35.4 Å². The molecule has 1 heterocycles. The first-order chi connectivity index (χ1) is 9.42. The Morgan fingerprint density at radius 2 is 2.25 bits per heavy atom. The summed E-state index contributed by atoms with van der Waals surface area (Å²) in [4.78, 5) is 12.3. The van der Waals surface area contributed by atoms with Gasteiger partial charge in [-0.2, -0.15) is 13.2 Å². The van der Waals surface area contributed by atoms with Gasteiger partial charge in [-0.15, -0.1) is 11.3 Å². The fraction of sp³-hybridized carbons (Fsp3) is 0.417. The Labute approximate surface area is 122 Å². The first-order valence-electron chi connectivity index (χ1n) is 5.59. The van der Waals surface area contributed by atoms with Gasteiger partial charge in [-0.1, -0.05) is 11.8 Å². The second-order valence-electron chi connectivity index (χ2n) is 3.53. The van der Waals surface area contributed by atoms with Crippen molar-refractivity contribution < 1.29 is 23.1 Å². The normalized spacial score (nSPS) is 10.8. The average molecular weight is 323 g/mol. The van der Waals surface area contributed by atoms with Crippen LogP contribution in [0.4, 0.5) is 13.2 Å².